The Bertz CT molecular complexity index is 611. The Kier molecular flexibility index (Phi) is 3.19. The van der Waals surface area contributed by atoms with Gasteiger partial charge in [-0.15, -0.1) is 11.3 Å². The third-order valence-electron chi connectivity index (χ3n) is 4.02. The summed E-state index contributed by atoms with van der Waals surface area (Å²) < 4.78 is 1.95. The molecule has 1 aliphatic rings. The average Bonchev–Trinajstić information content (AvgIpc) is 2.90. The summed E-state index contributed by atoms with van der Waals surface area (Å²) in [4.78, 5) is 6.30. The Balaban J connectivity index is 2.10. The van der Waals surface area contributed by atoms with Crippen LogP contribution in [0.4, 0.5) is 0 Å². The summed E-state index contributed by atoms with van der Waals surface area (Å²) in [5.74, 6) is 0. The summed E-state index contributed by atoms with van der Waals surface area (Å²) in [6.07, 6.45) is 3.56. The molecule has 0 fully saturated rings. The van der Waals surface area contributed by atoms with Crippen LogP contribution >= 0.6 is 11.3 Å². The van der Waals surface area contributed by atoms with Gasteiger partial charge in [0.05, 0.1) is 17.0 Å². The minimum atomic E-state index is 0.479. The van der Waals surface area contributed by atoms with Crippen LogP contribution in [0.3, 0.4) is 0 Å². The van der Waals surface area contributed by atoms with Crippen LogP contribution in [0.5, 0.6) is 0 Å². The zero-order chi connectivity index (χ0) is 13.6. The van der Waals surface area contributed by atoms with Gasteiger partial charge in [-0.05, 0) is 40.2 Å². The number of thiazole rings is 1. The number of nitrogens with zero attached hydrogens (tertiary/aromatic N) is 3. The van der Waals surface area contributed by atoms with Crippen LogP contribution in [0, 0.1) is 13.8 Å². The molecule has 0 radical (unpaired) electrons. The van der Waals surface area contributed by atoms with Crippen molar-refractivity contribution < 1.29 is 0 Å². The maximum absolute atomic E-state index is 4.88. The highest BCUT2D eigenvalue weighted by molar-refractivity contribution is 7.15. The van der Waals surface area contributed by atoms with Gasteiger partial charge in [-0.1, -0.05) is 0 Å². The van der Waals surface area contributed by atoms with Gasteiger partial charge in [0.25, 0.3) is 0 Å². The maximum Gasteiger partial charge on any atom is 0.127 e. The van der Waals surface area contributed by atoms with E-state index >= 15 is 0 Å². The fourth-order valence-corrected chi connectivity index (χ4v) is 4.29. The van der Waals surface area contributed by atoms with E-state index in [1.807, 2.05) is 30.1 Å². The van der Waals surface area contributed by atoms with Crippen LogP contribution in [0.2, 0.25) is 0 Å². The van der Waals surface area contributed by atoms with Crippen molar-refractivity contribution in [3.05, 3.63) is 22.0 Å². The third-order valence-corrected chi connectivity index (χ3v) is 5.25. The number of fused-ring (bicyclic) bond motifs is 1. The largest absolute Gasteiger partial charge is 0.312 e. The second-order valence-corrected chi connectivity index (χ2v) is 6.26. The van der Waals surface area contributed by atoms with Crippen LogP contribution in [-0.4, -0.2) is 21.8 Å². The number of rotatable bonds is 2. The first-order chi connectivity index (χ1) is 9.11. The number of hydrogen-bond acceptors (Lipinski definition) is 4. The molecule has 0 aromatic carbocycles. The Morgan fingerprint density at radius 3 is 2.79 bits per heavy atom. The summed E-state index contributed by atoms with van der Waals surface area (Å²) in [5, 5.41) is 9.04. The van der Waals surface area contributed by atoms with Crippen molar-refractivity contribution in [2.45, 2.75) is 39.2 Å². The normalized spacial score (nSPS) is 18.6. The van der Waals surface area contributed by atoms with Crippen molar-refractivity contribution in [1.29, 1.82) is 0 Å². The molecular formula is C14H20N4S. The number of aryl methyl sites for hydroxylation is 3. The lowest BCUT2D eigenvalue weighted by molar-refractivity contribution is 0.501. The molecule has 2 aromatic rings. The molecule has 0 bridgehead atoms. The topological polar surface area (TPSA) is 42.7 Å². The fraction of sp³-hybridized carbons (Fsp3) is 0.571. The minimum absolute atomic E-state index is 0.479. The lowest BCUT2D eigenvalue weighted by atomic mass is 9.98. The fourth-order valence-electron chi connectivity index (χ4n) is 2.89. The van der Waals surface area contributed by atoms with Gasteiger partial charge < -0.3 is 5.32 Å². The van der Waals surface area contributed by atoms with Crippen LogP contribution < -0.4 is 5.32 Å². The summed E-state index contributed by atoms with van der Waals surface area (Å²) in [5.41, 5.74) is 4.78. The van der Waals surface area contributed by atoms with Crippen molar-refractivity contribution in [3.63, 3.8) is 0 Å². The van der Waals surface area contributed by atoms with Crippen molar-refractivity contribution >= 4 is 11.3 Å². The van der Waals surface area contributed by atoms with E-state index in [-0.39, 0.29) is 0 Å². The van der Waals surface area contributed by atoms with Gasteiger partial charge in [0.1, 0.15) is 5.01 Å². The summed E-state index contributed by atoms with van der Waals surface area (Å²) in [6.45, 7) is 4.18. The van der Waals surface area contributed by atoms with E-state index in [4.69, 9.17) is 4.98 Å². The molecule has 3 rings (SSSR count). The van der Waals surface area contributed by atoms with E-state index in [0.29, 0.717) is 6.04 Å². The number of aromatic nitrogens is 3. The number of hydrogen-bond donors (Lipinski definition) is 1. The van der Waals surface area contributed by atoms with Crippen molar-refractivity contribution in [1.82, 2.24) is 20.1 Å². The predicted molar refractivity (Wildman–Crippen MR) is 78.5 cm³/mol. The van der Waals surface area contributed by atoms with Crippen molar-refractivity contribution in [2.75, 3.05) is 7.05 Å². The monoisotopic (exact) mass is 276 g/mol. The van der Waals surface area contributed by atoms with Crippen LogP contribution in [0.15, 0.2) is 0 Å². The molecule has 102 valence electrons. The standard InChI is InChI=1S/C14H20N4S/c1-8-12(9(2)18(4)17-8)14-16-11-7-5-6-10(15-3)13(11)19-14/h10,15H,5-7H2,1-4H3. The lowest BCUT2D eigenvalue weighted by Crippen LogP contribution is -2.19. The van der Waals surface area contributed by atoms with E-state index in [1.165, 1.54) is 34.7 Å². The van der Waals surface area contributed by atoms with Gasteiger partial charge in [0.2, 0.25) is 0 Å². The van der Waals surface area contributed by atoms with Crippen molar-refractivity contribution in [2.24, 2.45) is 7.05 Å². The van der Waals surface area contributed by atoms with E-state index in [1.54, 1.807) is 0 Å². The quantitative estimate of drug-likeness (QED) is 0.917. The Morgan fingerprint density at radius 1 is 1.37 bits per heavy atom. The predicted octanol–water partition coefficient (Wildman–Crippen LogP) is 2.76. The summed E-state index contributed by atoms with van der Waals surface area (Å²) in [7, 11) is 4.04. The molecule has 0 aliphatic heterocycles. The molecule has 0 saturated heterocycles. The maximum atomic E-state index is 4.88. The zero-order valence-electron chi connectivity index (χ0n) is 11.9. The minimum Gasteiger partial charge on any atom is -0.312 e. The lowest BCUT2D eigenvalue weighted by Gasteiger charge is -2.19. The molecule has 4 nitrogen and oxygen atoms in total. The van der Waals surface area contributed by atoms with E-state index in [9.17, 15) is 0 Å². The van der Waals surface area contributed by atoms with E-state index in [2.05, 4.69) is 24.3 Å². The molecule has 0 spiro atoms. The molecule has 1 atom stereocenters. The summed E-state index contributed by atoms with van der Waals surface area (Å²) in [6, 6.07) is 0.479. The van der Waals surface area contributed by atoms with Crippen molar-refractivity contribution in [3.8, 4) is 10.6 Å². The molecule has 2 heterocycles. The van der Waals surface area contributed by atoms with Gasteiger partial charge in [-0.3, -0.25) is 4.68 Å². The van der Waals surface area contributed by atoms with Gasteiger partial charge in [0.15, 0.2) is 0 Å². The molecule has 19 heavy (non-hydrogen) atoms. The SMILES string of the molecule is CNC1CCCc2nc(-c3c(C)nn(C)c3C)sc21. The van der Waals surface area contributed by atoms with Crippen LogP contribution in [-0.2, 0) is 13.5 Å². The highest BCUT2D eigenvalue weighted by Crippen LogP contribution is 2.39. The average molecular weight is 276 g/mol. The highest BCUT2D eigenvalue weighted by atomic mass is 32.1. The van der Waals surface area contributed by atoms with Gasteiger partial charge in [-0.25, -0.2) is 4.98 Å². The second-order valence-electron chi connectivity index (χ2n) is 5.23. The van der Waals surface area contributed by atoms with Crippen LogP contribution in [0.25, 0.3) is 10.6 Å². The summed E-state index contributed by atoms with van der Waals surface area (Å²) >= 11 is 1.84. The molecular weight excluding hydrogens is 256 g/mol. The molecule has 1 unspecified atom stereocenters. The second kappa shape index (κ2) is 4.72. The third kappa shape index (κ3) is 2.01. The van der Waals surface area contributed by atoms with Gasteiger partial charge in [-0.2, -0.15) is 5.10 Å². The molecule has 5 heteroatoms. The molecule has 0 saturated carbocycles. The first-order valence-corrected chi connectivity index (χ1v) is 7.61. The Labute approximate surface area is 117 Å². The van der Waals surface area contributed by atoms with Crippen LogP contribution in [0.1, 0.15) is 40.8 Å². The highest BCUT2D eigenvalue weighted by Gasteiger charge is 2.25. The molecule has 2 aromatic heterocycles. The smallest absolute Gasteiger partial charge is 0.127 e. The zero-order valence-corrected chi connectivity index (χ0v) is 12.8. The molecule has 1 N–H and O–H groups in total. The number of nitrogens with one attached hydrogen (secondary N) is 1. The Hall–Kier alpha value is -1.20. The van der Waals surface area contributed by atoms with Gasteiger partial charge in [0, 0.05) is 23.7 Å². The van der Waals surface area contributed by atoms with Gasteiger partial charge >= 0.3 is 0 Å². The first-order valence-electron chi connectivity index (χ1n) is 6.79. The van der Waals surface area contributed by atoms with E-state index in [0.717, 1.165) is 17.1 Å². The Morgan fingerprint density at radius 2 is 2.16 bits per heavy atom. The van der Waals surface area contributed by atoms with E-state index < -0.39 is 0 Å². The molecule has 1 aliphatic carbocycles. The first kappa shape index (κ1) is 12.8. The molecule has 0 amide bonds.